The van der Waals surface area contributed by atoms with E-state index in [4.69, 9.17) is 0 Å². The Morgan fingerprint density at radius 1 is 1.23 bits per heavy atom. The number of benzene rings is 1. The van der Waals surface area contributed by atoms with Gasteiger partial charge in [0.1, 0.15) is 4.83 Å². The van der Waals surface area contributed by atoms with Crippen LogP contribution in [0.1, 0.15) is 42.2 Å². The molecule has 2 heterocycles. The fraction of sp³-hybridized carbons (Fsp3) is 0.350. The molecule has 1 N–H and O–H groups in total. The quantitative estimate of drug-likeness (QED) is 0.732. The van der Waals surface area contributed by atoms with Gasteiger partial charge < -0.3 is 5.32 Å². The lowest BCUT2D eigenvalue weighted by atomic mass is 10.0. The van der Waals surface area contributed by atoms with Crippen molar-refractivity contribution in [3.05, 3.63) is 57.0 Å². The molecule has 5 nitrogen and oxygen atoms in total. The van der Waals surface area contributed by atoms with Crippen molar-refractivity contribution < 1.29 is 4.79 Å². The van der Waals surface area contributed by atoms with Gasteiger partial charge in [0, 0.05) is 23.5 Å². The Labute approximate surface area is 156 Å². The number of nitrogens with zero attached hydrogens (tertiary/aromatic N) is 2. The van der Waals surface area contributed by atoms with E-state index in [0.717, 1.165) is 21.0 Å². The molecule has 6 heteroatoms. The molecule has 0 bridgehead atoms. The molecule has 0 aliphatic carbocycles. The Bertz CT molecular complexity index is 1000. The Balaban J connectivity index is 1.68. The van der Waals surface area contributed by atoms with E-state index in [-0.39, 0.29) is 17.9 Å². The second kappa shape index (κ2) is 7.41. The van der Waals surface area contributed by atoms with Crippen LogP contribution in [0, 0.1) is 13.8 Å². The molecule has 0 atom stereocenters. The summed E-state index contributed by atoms with van der Waals surface area (Å²) in [6.07, 6.45) is 1.76. The number of fused-ring (bicyclic) bond motifs is 1. The number of anilines is 1. The van der Waals surface area contributed by atoms with Crippen LogP contribution in [0.15, 0.2) is 35.4 Å². The van der Waals surface area contributed by atoms with Crippen molar-refractivity contribution in [1.82, 2.24) is 9.55 Å². The van der Waals surface area contributed by atoms with E-state index in [1.54, 1.807) is 0 Å². The molecule has 1 amide bonds. The molecule has 136 valence electrons. The largest absolute Gasteiger partial charge is 0.326 e. The summed E-state index contributed by atoms with van der Waals surface area (Å²) < 4.78 is 1.52. The third-order valence-electron chi connectivity index (χ3n) is 4.60. The number of nitrogens with one attached hydrogen (secondary N) is 1. The lowest BCUT2D eigenvalue weighted by molar-refractivity contribution is -0.116. The van der Waals surface area contributed by atoms with E-state index < -0.39 is 0 Å². The highest BCUT2D eigenvalue weighted by Crippen LogP contribution is 2.25. The number of amides is 1. The molecule has 0 fully saturated rings. The lowest BCUT2D eigenvalue weighted by Crippen LogP contribution is -2.23. The molecule has 3 aromatic rings. The Morgan fingerprint density at radius 3 is 2.58 bits per heavy atom. The summed E-state index contributed by atoms with van der Waals surface area (Å²) in [4.78, 5) is 31.1. The van der Waals surface area contributed by atoms with Crippen LogP contribution in [0.25, 0.3) is 10.2 Å². The summed E-state index contributed by atoms with van der Waals surface area (Å²) in [6.45, 7) is 8.50. The van der Waals surface area contributed by atoms with E-state index in [0.29, 0.717) is 17.8 Å². The van der Waals surface area contributed by atoms with Gasteiger partial charge in [-0.05, 0) is 43.0 Å². The topological polar surface area (TPSA) is 64.0 Å². The van der Waals surface area contributed by atoms with Gasteiger partial charge in [0.25, 0.3) is 5.56 Å². The minimum Gasteiger partial charge on any atom is -0.326 e. The maximum absolute atomic E-state index is 12.6. The number of rotatable bonds is 5. The Kier molecular flexibility index (Phi) is 5.23. The van der Waals surface area contributed by atoms with Crippen LogP contribution in [0.3, 0.4) is 0 Å². The summed E-state index contributed by atoms with van der Waals surface area (Å²) in [7, 11) is 0. The summed E-state index contributed by atoms with van der Waals surface area (Å²) in [5, 5.41) is 3.54. The van der Waals surface area contributed by atoms with Gasteiger partial charge in [-0.3, -0.25) is 14.2 Å². The van der Waals surface area contributed by atoms with Gasteiger partial charge in [-0.25, -0.2) is 4.98 Å². The molecule has 0 saturated heterocycles. The number of carbonyl (C=O) groups is 1. The highest BCUT2D eigenvalue weighted by Gasteiger charge is 2.13. The van der Waals surface area contributed by atoms with Crippen molar-refractivity contribution in [1.29, 1.82) is 0 Å². The molecule has 26 heavy (non-hydrogen) atoms. The van der Waals surface area contributed by atoms with Crippen LogP contribution in [0.2, 0.25) is 0 Å². The zero-order valence-corrected chi connectivity index (χ0v) is 16.3. The van der Waals surface area contributed by atoms with E-state index in [2.05, 4.69) is 24.1 Å². The summed E-state index contributed by atoms with van der Waals surface area (Å²) in [6, 6.07) is 7.85. The molecule has 0 aliphatic heterocycles. The monoisotopic (exact) mass is 369 g/mol. The van der Waals surface area contributed by atoms with Crippen LogP contribution >= 0.6 is 11.3 Å². The van der Waals surface area contributed by atoms with Crippen molar-refractivity contribution >= 4 is 33.1 Å². The van der Waals surface area contributed by atoms with Gasteiger partial charge in [-0.15, -0.1) is 11.3 Å². The van der Waals surface area contributed by atoms with Gasteiger partial charge in [0.15, 0.2) is 0 Å². The molecule has 0 unspecified atom stereocenters. The van der Waals surface area contributed by atoms with Gasteiger partial charge in [0.05, 0.1) is 11.7 Å². The van der Waals surface area contributed by atoms with Gasteiger partial charge in [-0.1, -0.05) is 26.0 Å². The van der Waals surface area contributed by atoms with Crippen molar-refractivity contribution in [2.75, 3.05) is 5.32 Å². The minimum atomic E-state index is -0.118. The zero-order chi connectivity index (χ0) is 18.8. The first-order valence-electron chi connectivity index (χ1n) is 8.71. The Morgan fingerprint density at radius 2 is 1.92 bits per heavy atom. The average Bonchev–Trinajstić information content (AvgIpc) is 2.90. The highest BCUT2D eigenvalue weighted by atomic mass is 32.1. The average molecular weight is 369 g/mol. The normalized spacial score (nSPS) is 11.3. The smallest absolute Gasteiger partial charge is 0.262 e. The highest BCUT2D eigenvalue weighted by molar-refractivity contribution is 7.18. The second-order valence-corrected chi connectivity index (χ2v) is 7.98. The maximum Gasteiger partial charge on any atom is 0.262 e. The molecule has 0 saturated carbocycles. The van der Waals surface area contributed by atoms with Crippen LogP contribution in [-0.2, 0) is 11.3 Å². The van der Waals surface area contributed by atoms with Gasteiger partial charge >= 0.3 is 0 Å². The molecule has 0 spiro atoms. The second-order valence-electron chi connectivity index (χ2n) is 6.78. The molecular formula is C20H23N3O2S. The lowest BCUT2D eigenvalue weighted by Gasteiger charge is -2.09. The number of hydrogen-bond donors (Lipinski definition) is 1. The molecule has 1 aromatic carbocycles. The van der Waals surface area contributed by atoms with E-state index in [1.807, 2.05) is 38.1 Å². The maximum atomic E-state index is 12.6. The summed E-state index contributed by atoms with van der Waals surface area (Å²) in [5.74, 6) is 0.339. The third kappa shape index (κ3) is 3.70. The first-order valence-corrected chi connectivity index (χ1v) is 9.53. The van der Waals surface area contributed by atoms with E-state index in [1.165, 1.54) is 27.8 Å². The number of thiophene rings is 1. The number of aryl methyl sites for hydroxylation is 3. The van der Waals surface area contributed by atoms with E-state index >= 15 is 0 Å². The van der Waals surface area contributed by atoms with E-state index in [9.17, 15) is 9.59 Å². The predicted molar refractivity (Wildman–Crippen MR) is 107 cm³/mol. The summed E-state index contributed by atoms with van der Waals surface area (Å²) in [5.41, 5.74) is 2.90. The first kappa shape index (κ1) is 18.3. The van der Waals surface area contributed by atoms with Crippen molar-refractivity contribution in [3.8, 4) is 0 Å². The summed E-state index contributed by atoms with van der Waals surface area (Å²) >= 11 is 1.53. The van der Waals surface area contributed by atoms with Crippen molar-refractivity contribution in [2.24, 2.45) is 0 Å². The SMILES string of the molecule is Cc1sc2ncn(CCC(=O)Nc3ccc(C(C)C)cc3)c(=O)c2c1C. The zero-order valence-electron chi connectivity index (χ0n) is 15.5. The predicted octanol–water partition coefficient (Wildman–Crippen LogP) is 4.23. The molecule has 2 aromatic heterocycles. The van der Waals surface area contributed by atoms with Crippen LogP contribution in [-0.4, -0.2) is 15.5 Å². The standard InChI is InChI=1S/C20H23N3O2S/c1-12(2)15-5-7-16(8-6-15)22-17(24)9-10-23-11-21-19-18(20(23)25)13(3)14(4)26-19/h5-8,11-12H,9-10H2,1-4H3,(H,22,24). The third-order valence-corrected chi connectivity index (χ3v) is 5.71. The number of hydrogen-bond acceptors (Lipinski definition) is 4. The first-order chi connectivity index (χ1) is 12.4. The fourth-order valence-corrected chi connectivity index (χ4v) is 3.81. The molecular weight excluding hydrogens is 346 g/mol. The number of carbonyl (C=O) groups excluding carboxylic acids is 1. The van der Waals surface area contributed by atoms with Crippen LogP contribution in [0.4, 0.5) is 5.69 Å². The molecule has 3 rings (SSSR count). The molecule has 0 radical (unpaired) electrons. The van der Waals surface area contributed by atoms with Crippen LogP contribution in [0.5, 0.6) is 0 Å². The molecule has 0 aliphatic rings. The van der Waals surface area contributed by atoms with Crippen LogP contribution < -0.4 is 10.9 Å². The fourth-order valence-electron chi connectivity index (χ4n) is 2.83. The number of aromatic nitrogens is 2. The van der Waals surface area contributed by atoms with Gasteiger partial charge in [0.2, 0.25) is 5.91 Å². The van der Waals surface area contributed by atoms with Gasteiger partial charge in [-0.2, -0.15) is 0 Å². The minimum absolute atomic E-state index is 0.0778. The van der Waals surface area contributed by atoms with Crippen molar-refractivity contribution in [2.45, 2.75) is 46.6 Å². The van der Waals surface area contributed by atoms with Crippen molar-refractivity contribution in [3.63, 3.8) is 0 Å². The Hall–Kier alpha value is -2.47.